The van der Waals surface area contributed by atoms with E-state index in [1.165, 1.54) is 73.5 Å². The maximum atomic E-state index is 12.8. The zero-order valence-electron chi connectivity index (χ0n) is 21.4. The van der Waals surface area contributed by atoms with Crippen LogP contribution in [0.2, 0.25) is 0 Å². The molecule has 0 radical (unpaired) electrons. The summed E-state index contributed by atoms with van der Waals surface area (Å²) in [6.07, 6.45) is 9.59. The molecule has 2 saturated carbocycles. The second-order valence-electron chi connectivity index (χ2n) is 10.7. The minimum Gasteiger partial charge on any atom is -0.406 e. The van der Waals surface area contributed by atoms with E-state index in [1.54, 1.807) is 6.07 Å². The van der Waals surface area contributed by atoms with Gasteiger partial charge >= 0.3 is 6.36 Å². The van der Waals surface area contributed by atoms with Gasteiger partial charge in [-0.1, -0.05) is 43.9 Å². The topological polar surface area (TPSA) is 52.2 Å². The fraction of sp³-hybridized carbons (Fsp3) is 0.533. The smallest absolute Gasteiger partial charge is 0.406 e. The lowest BCUT2D eigenvalue weighted by molar-refractivity contribution is -0.274. The number of nitrogens with two attached hydrogens (primary N) is 1. The van der Waals surface area contributed by atoms with Gasteiger partial charge in [-0.15, -0.1) is 13.2 Å². The molecule has 2 fully saturated rings. The van der Waals surface area contributed by atoms with E-state index in [9.17, 15) is 13.2 Å². The Morgan fingerprint density at radius 3 is 2.54 bits per heavy atom. The van der Waals surface area contributed by atoms with E-state index in [2.05, 4.69) is 33.0 Å². The second-order valence-corrected chi connectivity index (χ2v) is 10.7. The van der Waals surface area contributed by atoms with Gasteiger partial charge in [-0.2, -0.15) is 0 Å². The summed E-state index contributed by atoms with van der Waals surface area (Å²) in [7, 11) is 0. The zero-order valence-corrected chi connectivity index (χ0v) is 21.4. The molecule has 0 amide bonds. The van der Waals surface area contributed by atoms with E-state index in [0.717, 1.165) is 36.9 Å². The van der Waals surface area contributed by atoms with Gasteiger partial charge in [-0.05, 0) is 98.5 Å². The van der Waals surface area contributed by atoms with Gasteiger partial charge in [0.1, 0.15) is 5.75 Å². The Kier molecular flexibility index (Phi) is 8.10. The van der Waals surface area contributed by atoms with Gasteiger partial charge < -0.3 is 20.4 Å². The molecule has 2 aliphatic carbocycles. The van der Waals surface area contributed by atoms with Gasteiger partial charge in [0.05, 0.1) is 0 Å². The second kappa shape index (κ2) is 11.5. The fourth-order valence-electron chi connectivity index (χ4n) is 6.39. The van der Waals surface area contributed by atoms with Gasteiger partial charge in [0, 0.05) is 29.2 Å². The summed E-state index contributed by atoms with van der Waals surface area (Å²) in [5.74, 6) is 0.274. The molecule has 4 nitrogen and oxygen atoms in total. The molecule has 3 N–H and O–H groups in total. The Morgan fingerprint density at radius 1 is 0.946 bits per heavy atom. The van der Waals surface area contributed by atoms with Gasteiger partial charge in [0.2, 0.25) is 0 Å². The molecule has 1 aromatic heterocycles. The van der Waals surface area contributed by atoms with Gasteiger partial charge in [0.15, 0.2) is 0 Å². The average molecular weight is 514 g/mol. The number of halogens is 3. The third kappa shape index (κ3) is 6.32. The van der Waals surface area contributed by atoms with Crippen molar-refractivity contribution >= 4 is 10.9 Å². The van der Waals surface area contributed by atoms with Crippen molar-refractivity contribution in [3.63, 3.8) is 0 Å². The summed E-state index contributed by atoms with van der Waals surface area (Å²) in [6.45, 7) is 1.66. The lowest BCUT2D eigenvalue weighted by atomic mass is 9.81. The first-order valence-electron chi connectivity index (χ1n) is 13.9. The minimum absolute atomic E-state index is 0.191. The van der Waals surface area contributed by atoms with Crippen LogP contribution in [0.15, 0.2) is 48.7 Å². The van der Waals surface area contributed by atoms with Crippen LogP contribution in [-0.4, -0.2) is 30.1 Å². The number of rotatable bonds is 8. The van der Waals surface area contributed by atoms with Crippen LogP contribution >= 0.6 is 0 Å². The van der Waals surface area contributed by atoms with E-state index in [1.807, 2.05) is 12.1 Å². The molecular formula is C30H38F3N3O. The molecule has 5 rings (SSSR count). The molecule has 0 aliphatic heterocycles. The maximum absolute atomic E-state index is 12.8. The molecule has 37 heavy (non-hydrogen) atoms. The van der Waals surface area contributed by atoms with E-state index < -0.39 is 6.36 Å². The largest absolute Gasteiger partial charge is 0.573 e. The standard InChI is InChI=1S/C30H38F3N3O/c31-30(32,33)37-26-12-5-7-21(18-26)22-13-14-29-27(19-22)28(20-36(29)25-10-2-1-3-11-25)23-8-4-9-24(17-23)35-16-6-15-34/h5,7,12-14,18-20,23-25,35H,1-4,6,8-11,15-17,34H2. The zero-order chi connectivity index (χ0) is 25.8. The van der Waals surface area contributed by atoms with Crippen molar-refractivity contribution in [2.75, 3.05) is 13.1 Å². The predicted molar refractivity (Wildman–Crippen MR) is 143 cm³/mol. The van der Waals surface area contributed by atoms with E-state index in [0.29, 0.717) is 24.5 Å². The lowest BCUT2D eigenvalue weighted by Gasteiger charge is -2.30. The number of benzene rings is 2. The molecule has 3 aromatic rings. The molecule has 2 aliphatic rings. The summed E-state index contributed by atoms with van der Waals surface area (Å²) >= 11 is 0. The first kappa shape index (κ1) is 26.1. The minimum atomic E-state index is -4.71. The first-order chi connectivity index (χ1) is 17.9. The van der Waals surface area contributed by atoms with Crippen molar-refractivity contribution in [1.29, 1.82) is 0 Å². The van der Waals surface area contributed by atoms with E-state index in [4.69, 9.17) is 5.73 Å². The van der Waals surface area contributed by atoms with Crippen LogP contribution in [-0.2, 0) is 0 Å². The van der Waals surface area contributed by atoms with Crippen molar-refractivity contribution < 1.29 is 17.9 Å². The molecular weight excluding hydrogens is 475 g/mol. The van der Waals surface area contributed by atoms with Crippen LogP contribution < -0.4 is 15.8 Å². The summed E-state index contributed by atoms with van der Waals surface area (Å²) in [6, 6.07) is 13.7. The monoisotopic (exact) mass is 513 g/mol. The normalized spacial score (nSPS) is 21.4. The number of nitrogens with one attached hydrogen (secondary N) is 1. The van der Waals surface area contributed by atoms with Crippen LogP contribution in [0, 0.1) is 0 Å². The van der Waals surface area contributed by atoms with Crippen molar-refractivity contribution in [2.45, 2.75) is 88.6 Å². The molecule has 2 atom stereocenters. The highest BCUT2D eigenvalue weighted by Gasteiger charge is 2.31. The van der Waals surface area contributed by atoms with Crippen LogP contribution in [0.1, 0.15) is 81.7 Å². The molecule has 200 valence electrons. The first-order valence-corrected chi connectivity index (χ1v) is 13.9. The highest BCUT2D eigenvalue weighted by Crippen LogP contribution is 2.42. The van der Waals surface area contributed by atoms with E-state index >= 15 is 0 Å². The van der Waals surface area contributed by atoms with Gasteiger partial charge in [0.25, 0.3) is 0 Å². The molecule has 0 saturated heterocycles. The molecule has 2 aromatic carbocycles. The Balaban J connectivity index is 1.50. The van der Waals surface area contributed by atoms with Crippen LogP contribution in [0.25, 0.3) is 22.0 Å². The molecule has 0 bridgehead atoms. The molecule has 1 heterocycles. The van der Waals surface area contributed by atoms with Crippen LogP contribution in [0.4, 0.5) is 13.2 Å². The molecule has 7 heteroatoms. The van der Waals surface area contributed by atoms with E-state index in [-0.39, 0.29) is 5.75 Å². The predicted octanol–water partition coefficient (Wildman–Crippen LogP) is 7.68. The number of aromatic nitrogens is 1. The third-order valence-corrected chi connectivity index (χ3v) is 8.16. The highest BCUT2D eigenvalue weighted by atomic mass is 19.4. The summed E-state index contributed by atoms with van der Waals surface area (Å²) in [4.78, 5) is 0. The number of hydrogen-bond acceptors (Lipinski definition) is 3. The Labute approximate surface area is 217 Å². The Bertz CT molecular complexity index is 1180. The van der Waals surface area contributed by atoms with Crippen LogP contribution in [0.3, 0.4) is 0 Å². The average Bonchev–Trinajstić information content (AvgIpc) is 3.28. The third-order valence-electron chi connectivity index (χ3n) is 8.16. The molecule has 2 unspecified atom stereocenters. The number of ether oxygens (including phenoxy) is 1. The van der Waals surface area contributed by atoms with Crippen molar-refractivity contribution in [3.05, 3.63) is 54.2 Å². The quantitative estimate of drug-likeness (QED) is 0.304. The number of fused-ring (bicyclic) bond motifs is 1. The summed E-state index contributed by atoms with van der Waals surface area (Å²) < 4.78 is 45.1. The molecule has 0 spiro atoms. The SMILES string of the molecule is NCCCNC1CCCC(c2cn(C3CCCCC3)c3ccc(-c4cccc(OC(F)(F)F)c4)cc23)C1. The Hall–Kier alpha value is -2.51. The van der Waals surface area contributed by atoms with Crippen molar-refractivity contribution in [1.82, 2.24) is 9.88 Å². The number of hydrogen-bond donors (Lipinski definition) is 2. The fourth-order valence-corrected chi connectivity index (χ4v) is 6.39. The van der Waals surface area contributed by atoms with Crippen LogP contribution in [0.5, 0.6) is 5.75 Å². The van der Waals surface area contributed by atoms with Crippen molar-refractivity contribution in [2.24, 2.45) is 5.73 Å². The number of alkyl halides is 3. The highest BCUT2D eigenvalue weighted by molar-refractivity contribution is 5.89. The lowest BCUT2D eigenvalue weighted by Crippen LogP contribution is -2.34. The maximum Gasteiger partial charge on any atom is 0.573 e. The van der Waals surface area contributed by atoms with Gasteiger partial charge in [-0.3, -0.25) is 0 Å². The summed E-state index contributed by atoms with van der Waals surface area (Å²) in [5.41, 5.74) is 9.96. The Morgan fingerprint density at radius 2 is 1.76 bits per heavy atom. The summed E-state index contributed by atoms with van der Waals surface area (Å²) in [5, 5.41) is 4.94. The van der Waals surface area contributed by atoms with Gasteiger partial charge in [-0.25, -0.2) is 0 Å². The number of nitrogens with zero attached hydrogens (tertiary/aromatic N) is 1. The van der Waals surface area contributed by atoms with Crippen molar-refractivity contribution in [3.8, 4) is 16.9 Å².